The van der Waals surface area contributed by atoms with Gasteiger partial charge in [0.2, 0.25) is 5.91 Å². The van der Waals surface area contributed by atoms with Gasteiger partial charge in [0.1, 0.15) is 11.9 Å². The second-order valence-electron chi connectivity index (χ2n) is 8.02. The number of hydrogen-bond acceptors (Lipinski definition) is 3. The number of nitrogens with zero attached hydrogens (tertiary/aromatic N) is 1. The second kappa shape index (κ2) is 11.4. The van der Waals surface area contributed by atoms with Gasteiger partial charge in [-0.3, -0.25) is 14.5 Å². The Morgan fingerprint density at radius 1 is 1.18 bits per heavy atom. The van der Waals surface area contributed by atoms with Crippen LogP contribution in [-0.2, 0) is 16.0 Å². The van der Waals surface area contributed by atoms with E-state index in [0.717, 1.165) is 6.07 Å². The standard InChI is InChI=1S/C21H32ClFN2O3/c1-6-18(20(21(27)28)25(11-13(2)3)12-14(4)5)24-19(26)9-15-7-8-16(22)10-17(15)23/h7-8,10,13-14,18,20H,6,9,11-12H2,1-5H3,(H,24,26)(H,27,28). The van der Waals surface area contributed by atoms with Gasteiger partial charge in [-0.05, 0) is 36.0 Å². The van der Waals surface area contributed by atoms with E-state index in [-0.39, 0.29) is 28.8 Å². The Morgan fingerprint density at radius 2 is 1.75 bits per heavy atom. The Bertz CT molecular complexity index is 657. The van der Waals surface area contributed by atoms with Gasteiger partial charge in [0.05, 0.1) is 12.5 Å². The van der Waals surface area contributed by atoms with Gasteiger partial charge in [-0.15, -0.1) is 0 Å². The maximum Gasteiger partial charge on any atom is 0.323 e. The molecular weight excluding hydrogens is 383 g/mol. The van der Waals surface area contributed by atoms with E-state index in [1.165, 1.54) is 12.1 Å². The lowest BCUT2D eigenvalue weighted by Gasteiger charge is -2.36. The number of rotatable bonds is 11. The molecule has 0 heterocycles. The van der Waals surface area contributed by atoms with Crippen LogP contribution in [0.1, 0.15) is 46.6 Å². The van der Waals surface area contributed by atoms with Crippen LogP contribution in [-0.4, -0.2) is 47.1 Å². The fourth-order valence-electron chi connectivity index (χ4n) is 3.32. The molecule has 0 radical (unpaired) electrons. The summed E-state index contributed by atoms with van der Waals surface area (Å²) in [5.41, 5.74) is 0.227. The van der Waals surface area contributed by atoms with Crippen LogP contribution >= 0.6 is 11.6 Å². The Kier molecular flexibility index (Phi) is 9.90. The second-order valence-corrected chi connectivity index (χ2v) is 8.46. The summed E-state index contributed by atoms with van der Waals surface area (Å²) in [5, 5.41) is 12.9. The maximum atomic E-state index is 14.0. The van der Waals surface area contributed by atoms with Crippen LogP contribution < -0.4 is 5.32 Å². The predicted octanol–water partition coefficient (Wildman–Crippen LogP) is 3.98. The van der Waals surface area contributed by atoms with Crippen molar-refractivity contribution >= 4 is 23.5 Å². The zero-order valence-corrected chi connectivity index (χ0v) is 18.1. The fraction of sp³-hybridized carbons (Fsp3) is 0.619. The van der Waals surface area contributed by atoms with Gasteiger partial charge in [0, 0.05) is 18.1 Å². The first-order valence-electron chi connectivity index (χ1n) is 9.75. The highest BCUT2D eigenvalue weighted by molar-refractivity contribution is 6.30. The summed E-state index contributed by atoms with van der Waals surface area (Å²) in [6.07, 6.45) is 0.290. The number of benzene rings is 1. The van der Waals surface area contributed by atoms with Crippen molar-refractivity contribution < 1.29 is 19.1 Å². The Balaban J connectivity index is 2.97. The molecule has 0 saturated carbocycles. The molecule has 28 heavy (non-hydrogen) atoms. The molecule has 2 atom stereocenters. The minimum absolute atomic E-state index is 0.166. The molecule has 1 rings (SSSR count). The molecule has 0 bridgehead atoms. The van der Waals surface area contributed by atoms with E-state index < -0.39 is 29.8 Å². The number of carbonyl (C=O) groups is 2. The SMILES string of the molecule is CCC(NC(=O)Cc1ccc(Cl)cc1F)C(C(=O)O)N(CC(C)C)CC(C)C. The molecule has 2 unspecified atom stereocenters. The number of carboxylic acids is 1. The number of aliphatic carboxylic acids is 1. The van der Waals surface area contributed by atoms with Crippen molar-refractivity contribution in [3.05, 3.63) is 34.6 Å². The molecule has 5 nitrogen and oxygen atoms in total. The average molecular weight is 415 g/mol. The molecule has 158 valence electrons. The van der Waals surface area contributed by atoms with E-state index in [2.05, 4.69) is 5.32 Å². The van der Waals surface area contributed by atoms with Crippen molar-refractivity contribution in [2.24, 2.45) is 11.8 Å². The van der Waals surface area contributed by atoms with Gasteiger partial charge < -0.3 is 10.4 Å². The van der Waals surface area contributed by atoms with Crippen molar-refractivity contribution in [1.29, 1.82) is 0 Å². The van der Waals surface area contributed by atoms with E-state index in [1.54, 1.807) is 0 Å². The minimum atomic E-state index is -0.967. The highest BCUT2D eigenvalue weighted by atomic mass is 35.5. The highest BCUT2D eigenvalue weighted by Gasteiger charge is 2.34. The van der Waals surface area contributed by atoms with Crippen LogP contribution in [0.2, 0.25) is 5.02 Å². The largest absolute Gasteiger partial charge is 0.480 e. The smallest absolute Gasteiger partial charge is 0.323 e. The summed E-state index contributed by atoms with van der Waals surface area (Å²) in [5.74, 6) is -1.35. The Morgan fingerprint density at radius 3 is 2.18 bits per heavy atom. The predicted molar refractivity (Wildman–Crippen MR) is 110 cm³/mol. The van der Waals surface area contributed by atoms with E-state index in [4.69, 9.17) is 11.6 Å². The monoisotopic (exact) mass is 414 g/mol. The molecule has 1 aromatic carbocycles. The first-order chi connectivity index (χ1) is 13.0. The molecule has 7 heteroatoms. The number of nitrogens with one attached hydrogen (secondary N) is 1. The Labute approximate surface area is 172 Å². The number of halogens is 2. The zero-order valence-electron chi connectivity index (χ0n) is 17.3. The van der Waals surface area contributed by atoms with Crippen molar-refractivity contribution in [1.82, 2.24) is 10.2 Å². The van der Waals surface area contributed by atoms with Gasteiger partial charge in [0.25, 0.3) is 0 Å². The van der Waals surface area contributed by atoms with Gasteiger partial charge >= 0.3 is 5.97 Å². The maximum absolute atomic E-state index is 14.0. The molecule has 1 amide bonds. The zero-order chi connectivity index (χ0) is 21.4. The molecule has 0 aliphatic rings. The summed E-state index contributed by atoms with van der Waals surface area (Å²) in [7, 11) is 0. The third kappa shape index (κ3) is 7.76. The number of carbonyl (C=O) groups excluding carboxylic acids is 1. The van der Waals surface area contributed by atoms with Gasteiger partial charge in [-0.1, -0.05) is 52.3 Å². The lowest BCUT2D eigenvalue weighted by molar-refractivity contribution is -0.145. The van der Waals surface area contributed by atoms with Crippen molar-refractivity contribution in [2.45, 2.75) is 59.5 Å². The first kappa shape index (κ1) is 24.4. The van der Waals surface area contributed by atoms with Crippen LogP contribution in [0.3, 0.4) is 0 Å². The lowest BCUT2D eigenvalue weighted by Crippen LogP contribution is -2.57. The topological polar surface area (TPSA) is 69.6 Å². The molecule has 0 aliphatic heterocycles. The lowest BCUT2D eigenvalue weighted by atomic mass is 10.00. The van der Waals surface area contributed by atoms with Crippen molar-refractivity contribution in [3.8, 4) is 0 Å². The quantitative estimate of drug-likeness (QED) is 0.574. The van der Waals surface area contributed by atoms with E-state index in [1.807, 2.05) is 39.5 Å². The highest BCUT2D eigenvalue weighted by Crippen LogP contribution is 2.17. The third-order valence-electron chi connectivity index (χ3n) is 4.38. The summed E-state index contributed by atoms with van der Waals surface area (Å²) >= 11 is 5.74. The van der Waals surface area contributed by atoms with Crippen molar-refractivity contribution in [3.63, 3.8) is 0 Å². The van der Waals surface area contributed by atoms with Crippen LogP contribution in [0.25, 0.3) is 0 Å². The summed E-state index contributed by atoms with van der Waals surface area (Å²) in [6.45, 7) is 11.2. The van der Waals surface area contributed by atoms with E-state index >= 15 is 0 Å². The van der Waals surface area contributed by atoms with Gasteiger partial charge in [-0.2, -0.15) is 0 Å². The molecule has 0 spiro atoms. The molecule has 0 aromatic heterocycles. The van der Waals surface area contributed by atoms with Crippen LogP contribution in [0, 0.1) is 17.7 Å². The van der Waals surface area contributed by atoms with Crippen LogP contribution in [0.5, 0.6) is 0 Å². The summed E-state index contributed by atoms with van der Waals surface area (Å²) < 4.78 is 14.0. The first-order valence-corrected chi connectivity index (χ1v) is 10.1. The average Bonchev–Trinajstić information content (AvgIpc) is 2.55. The molecule has 0 saturated heterocycles. The van der Waals surface area contributed by atoms with Crippen LogP contribution in [0.4, 0.5) is 4.39 Å². The van der Waals surface area contributed by atoms with Crippen molar-refractivity contribution in [2.75, 3.05) is 13.1 Å². The molecular formula is C21H32ClFN2O3. The van der Waals surface area contributed by atoms with E-state index in [0.29, 0.717) is 19.5 Å². The third-order valence-corrected chi connectivity index (χ3v) is 4.61. The normalized spacial score (nSPS) is 13.8. The van der Waals surface area contributed by atoms with Gasteiger partial charge in [-0.25, -0.2) is 4.39 Å². The van der Waals surface area contributed by atoms with Gasteiger partial charge in [0.15, 0.2) is 0 Å². The number of carboxylic acid groups (broad SMARTS) is 1. The molecule has 1 aromatic rings. The fourth-order valence-corrected chi connectivity index (χ4v) is 3.48. The Hall–Kier alpha value is -1.66. The summed E-state index contributed by atoms with van der Waals surface area (Å²) in [6, 6.07) is 2.75. The number of amides is 1. The molecule has 0 fully saturated rings. The van der Waals surface area contributed by atoms with E-state index in [9.17, 15) is 19.1 Å². The van der Waals surface area contributed by atoms with Crippen LogP contribution in [0.15, 0.2) is 18.2 Å². The summed E-state index contributed by atoms with van der Waals surface area (Å²) in [4.78, 5) is 26.5. The molecule has 0 aliphatic carbocycles. The minimum Gasteiger partial charge on any atom is -0.480 e. The molecule has 2 N–H and O–H groups in total. The number of hydrogen-bond donors (Lipinski definition) is 2.